The molecule has 1 unspecified atom stereocenters. The molecule has 0 saturated carbocycles. The second kappa shape index (κ2) is 8.00. The Morgan fingerprint density at radius 2 is 2.05 bits per heavy atom. The van der Waals surface area contributed by atoms with Crippen LogP contribution in [0.3, 0.4) is 0 Å². The third-order valence-electron chi connectivity index (χ3n) is 3.77. The van der Waals surface area contributed by atoms with Gasteiger partial charge in [0.15, 0.2) is 0 Å². The highest BCUT2D eigenvalue weighted by atomic mass is 16.5. The van der Waals surface area contributed by atoms with Crippen molar-refractivity contribution in [3.8, 4) is 5.75 Å². The number of nitrogens with one attached hydrogen (secondary N) is 1. The minimum Gasteiger partial charge on any atom is -0.492 e. The van der Waals surface area contributed by atoms with Gasteiger partial charge in [-0.25, -0.2) is 0 Å². The number of ether oxygens (including phenoxy) is 2. The fraction of sp³-hybridized carbons (Fsp3) is 0.562. The van der Waals surface area contributed by atoms with E-state index in [1.807, 2.05) is 31.2 Å². The summed E-state index contributed by atoms with van der Waals surface area (Å²) in [5.74, 6) is 0.926. The molecule has 2 rings (SSSR count). The zero-order chi connectivity index (χ0) is 15.1. The monoisotopic (exact) mass is 292 g/mol. The summed E-state index contributed by atoms with van der Waals surface area (Å²) in [4.78, 5) is 12.0. The van der Waals surface area contributed by atoms with Gasteiger partial charge in [-0.15, -0.1) is 0 Å². The Kier molecular flexibility index (Phi) is 6.02. The third-order valence-corrected chi connectivity index (χ3v) is 3.77. The van der Waals surface area contributed by atoms with E-state index in [4.69, 9.17) is 15.2 Å². The van der Waals surface area contributed by atoms with Crippen molar-refractivity contribution < 1.29 is 14.3 Å². The molecular weight excluding hydrogens is 268 g/mol. The Morgan fingerprint density at radius 3 is 2.71 bits per heavy atom. The molecule has 3 N–H and O–H groups in total. The molecule has 5 heteroatoms. The van der Waals surface area contributed by atoms with Crippen molar-refractivity contribution in [1.82, 2.24) is 5.32 Å². The molecule has 1 aromatic carbocycles. The van der Waals surface area contributed by atoms with Crippen molar-refractivity contribution in [2.24, 2.45) is 11.7 Å². The lowest BCUT2D eigenvalue weighted by molar-refractivity contribution is -0.124. The predicted octanol–water partition coefficient (Wildman–Crippen LogP) is 1.24. The van der Waals surface area contributed by atoms with Crippen molar-refractivity contribution in [3.63, 3.8) is 0 Å². The minimum atomic E-state index is -0.451. The molecule has 1 aliphatic rings. The van der Waals surface area contributed by atoms with E-state index in [-0.39, 0.29) is 11.8 Å². The van der Waals surface area contributed by atoms with Gasteiger partial charge in [-0.3, -0.25) is 4.79 Å². The zero-order valence-electron chi connectivity index (χ0n) is 12.5. The number of hydrogen-bond donors (Lipinski definition) is 2. The molecule has 1 heterocycles. The van der Waals surface area contributed by atoms with Crippen LogP contribution in [0.15, 0.2) is 24.3 Å². The third kappa shape index (κ3) is 5.02. The standard InChI is InChI=1S/C16H24N2O3/c1-12-2-4-14(5-3-12)21-11-8-18-16(19)15(17)13-6-9-20-10-7-13/h2-5,13,15H,6-11,17H2,1H3,(H,18,19). The van der Waals surface area contributed by atoms with Crippen LogP contribution in [0.2, 0.25) is 0 Å². The van der Waals surface area contributed by atoms with E-state index in [1.165, 1.54) is 5.56 Å². The van der Waals surface area contributed by atoms with Gasteiger partial charge in [0.2, 0.25) is 5.91 Å². The number of nitrogens with two attached hydrogens (primary N) is 1. The van der Waals surface area contributed by atoms with E-state index in [2.05, 4.69) is 5.32 Å². The highest BCUT2D eigenvalue weighted by Crippen LogP contribution is 2.17. The molecule has 116 valence electrons. The van der Waals surface area contributed by atoms with Crippen molar-refractivity contribution >= 4 is 5.91 Å². The van der Waals surface area contributed by atoms with Crippen molar-refractivity contribution in [2.75, 3.05) is 26.4 Å². The SMILES string of the molecule is Cc1ccc(OCCNC(=O)C(N)C2CCOCC2)cc1. The molecule has 5 nitrogen and oxygen atoms in total. The fourth-order valence-electron chi connectivity index (χ4n) is 2.38. The van der Waals surface area contributed by atoms with Crippen molar-refractivity contribution in [3.05, 3.63) is 29.8 Å². The van der Waals surface area contributed by atoms with Crippen LogP contribution in [0.1, 0.15) is 18.4 Å². The maximum atomic E-state index is 12.0. The maximum absolute atomic E-state index is 12.0. The van der Waals surface area contributed by atoms with Crippen LogP contribution in [0.25, 0.3) is 0 Å². The van der Waals surface area contributed by atoms with Gasteiger partial charge >= 0.3 is 0 Å². The van der Waals surface area contributed by atoms with E-state index in [9.17, 15) is 4.79 Å². The van der Waals surface area contributed by atoms with Gasteiger partial charge in [-0.1, -0.05) is 17.7 Å². The Balaban J connectivity index is 1.65. The normalized spacial score (nSPS) is 17.2. The number of carbonyl (C=O) groups excluding carboxylic acids is 1. The number of hydrogen-bond acceptors (Lipinski definition) is 4. The van der Waals surface area contributed by atoms with E-state index < -0.39 is 6.04 Å². The van der Waals surface area contributed by atoms with Crippen LogP contribution >= 0.6 is 0 Å². The Morgan fingerprint density at radius 1 is 1.38 bits per heavy atom. The summed E-state index contributed by atoms with van der Waals surface area (Å²) in [7, 11) is 0. The summed E-state index contributed by atoms with van der Waals surface area (Å²) in [5, 5.41) is 2.83. The number of carbonyl (C=O) groups is 1. The molecule has 0 bridgehead atoms. The van der Waals surface area contributed by atoms with E-state index >= 15 is 0 Å². The summed E-state index contributed by atoms with van der Waals surface area (Å²) >= 11 is 0. The molecule has 1 aliphatic heterocycles. The lowest BCUT2D eigenvalue weighted by Crippen LogP contribution is -2.47. The predicted molar refractivity (Wildman–Crippen MR) is 81.2 cm³/mol. The summed E-state index contributed by atoms with van der Waals surface area (Å²) in [6.45, 7) is 4.32. The average molecular weight is 292 g/mol. The largest absolute Gasteiger partial charge is 0.492 e. The van der Waals surface area contributed by atoms with Crippen LogP contribution in [0.5, 0.6) is 5.75 Å². The summed E-state index contributed by atoms with van der Waals surface area (Å²) in [6, 6.07) is 7.38. The lowest BCUT2D eigenvalue weighted by Gasteiger charge is -2.26. The van der Waals surface area contributed by atoms with Gasteiger partial charge in [0.1, 0.15) is 12.4 Å². The van der Waals surface area contributed by atoms with Gasteiger partial charge < -0.3 is 20.5 Å². The smallest absolute Gasteiger partial charge is 0.237 e. The molecule has 1 amide bonds. The van der Waals surface area contributed by atoms with E-state index in [0.29, 0.717) is 26.4 Å². The van der Waals surface area contributed by atoms with Crippen molar-refractivity contribution in [2.45, 2.75) is 25.8 Å². The van der Waals surface area contributed by atoms with Gasteiger partial charge in [-0.05, 0) is 37.8 Å². The first-order valence-electron chi connectivity index (χ1n) is 7.47. The highest BCUT2D eigenvalue weighted by molar-refractivity contribution is 5.81. The van der Waals surface area contributed by atoms with Crippen molar-refractivity contribution in [1.29, 1.82) is 0 Å². The second-order valence-corrected chi connectivity index (χ2v) is 5.43. The number of amides is 1. The molecule has 1 atom stereocenters. The Hall–Kier alpha value is -1.59. The fourth-order valence-corrected chi connectivity index (χ4v) is 2.38. The van der Waals surface area contributed by atoms with Crippen LogP contribution in [-0.2, 0) is 9.53 Å². The van der Waals surface area contributed by atoms with Gasteiger partial charge in [-0.2, -0.15) is 0 Å². The minimum absolute atomic E-state index is 0.102. The molecule has 0 aromatic heterocycles. The van der Waals surface area contributed by atoms with Gasteiger partial charge in [0.05, 0.1) is 12.6 Å². The zero-order valence-corrected chi connectivity index (χ0v) is 12.5. The molecular formula is C16H24N2O3. The van der Waals surface area contributed by atoms with Crippen LogP contribution < -0.4 is 15.8 Å². The second-order valence-electron chi connectivity index (χ2n) is 5.43. The molecule has 0 spiro atoms. The summed E-state index contributed by atoms with van der Waals surface area (Å²) in [5.41, 5.74) is 7.19. The van der Waals surface area contributed by atoms with Crippen LogP contribution in [0, 0.1) is 12.8 Å². The first-order valence-corrected chi connectivity index (χ1v) is 7.47. The summed E-state index contributed by atoms with van der Waals surface area (Å²) < 4.78 is 10.8. The number of aryl methyl sites for hydroxylation is 1. The van der Waals surface area contributed by atoms with Crippen LogP contribution in [-0.4, -0.2) is 38.3 Å². The molecule has 0 aliphatic carbocycles. The topological polar surface area (TPSA) is 73.6 Å². The first kappa shape index (κ1) is 15.8. The maximum Gasteiger partial charge on any atom is 0.237 e. The number of benzene rings is 1. The molecule has 21 heavy (non-hydrogen) atoms. The number of rotatable bonds is 6. The molecule has 1 saturated heterocycles. The molecule has 0 radical (unpaired) electrons. The lowest BCUT2D eigenvalue weighted by atomic mass is 9.92. The Labute approximate surface area is 125 Å². The highest BCUT2D eigenvalue weighted by Gasteiger charge is 2.26. The van der Waals surface area contributed by atoms with E-state index in [1.54, 1.807) is 0 Å². The van der Waals surface area contributed by atoms with Crippen LogP contribution in [0.4, 0.5) is 0 Å². The Bertz CT molecular complexity index is 441. The summed E-state index contributed by atoms with van der Waals surface area (Å²) in [6.07, 6.45) is 1.71. The first-order chi connectivity index (χ1) is 10.2. The van der Waals surface area contributed by atoms with Gasteiger partial charge in [0, 0.05) is 13.2 Å². The quantitative estimate of drug-likeness (QED) is 0.774. The molecule has 1 fully saturated rings. The average Bonchev–Trinajstić information content (AvgIpc) is 2.53. The molecule has 1 aromatic rings. The van der Waals surface area contributed by atoms with Gasteiger partial charge in [0.25, 0.3) is 0 Å². The van der Waals surface area contributed by atoms with E-state index in [0.717, 1.165) is 18.6 Å².